The number of amides is 2. The number of anilines is 2. The van der Waals surface area contributed by atoms with Crippen molar-refractivity contribution in [2.75, 3.05) is 23.7 Å². The molecule has 0 spiro atoms. The van der Waals surface area contributed by atoms with Crippen LogP contribution < -0.4 is 16.0 Å². The van der Waals surface area contributed by atoms with Gasteiger partial charge >= 0.3 is 0 Å². The van der Waals surface area contributed by atoms with E-state index >= 15 is 0 Å². The lowest BCUT2D eigenvalue weighted by Gasteiger charge is -2.37. The Balaban J connectivity index is 1.48. The molecule has 0 radical (unpaired) electrons. The zero-order valence-electron chi connectivity index (χ0n) is 15.2. The quantitative estimate of drug-likeness (QED) is 0.779. The van der Waals surface area contributed by atoms with E-state index in [9.17, 15) is 9.59 Å². The van der Waals surface area contributed by atoms with Gasteiger partial charge in [0.1, 0.15) is 5.82 Å². The summed E-state index contributed by atoms with van der Waals surface area (Å²) in [6.45, 7) is 1.66. The summed E-state index contributed by atoms with van der Waals surface area (Å²) in [7, 11) is 0. The molecule has 2 aromatic rings. The average molecular weight is 364 g/mol. The first-order chi connectivity index (χ1) is 13.2. The largest absolute Gasteiger partial charge is 0.326 e. The number of carbonyl (C=O) groups is 2. The topological polar surface area (TPSA) is 83.1 Å². The summed E-state index contributed by atoms with van der Waals surface area (Å²) in [6.07, 6.45) is 5.95. The van der Waals surface area contributed by atoms with Crippen LogP contribution in [0, 0.1) is 11.3 Å². The zero-order chi connectivity index (χ0) is 18.7. The van der Waals surface area contributed by atoms with Crippen LogP contribution in [0.3, 0.4) is 0 Å². The molecule has 2 atom stereocenters. The van der Waals surface area contributed by atoms with Crippen molar-refractivity contribution in [2.24, 2.45) is 11.3 Å². The minimum Gasteiger partial charge on any atom is -0.326 e. The van der Waals surface area contributed by atoms with E-state index in [4.69, 9.17) is 0 Å². The Bertz CT molecular complexity index is 839. The van der Waals surface area contributed by atoms with E-state index in [1.807, 2.05) is 12.1 Å². The third kappa shape index (κ3) is 3.57. The third-order valence-electron chi connectivity index (χ3n) is 5.78. The van der Waals surface area contributed by atoms with Crippen molar-refractivity contribution >= 4 is 23.3 Å². The van der Waals surface area contributed by atoms with Crippen molar-refractivity contribution in [3.63, 3.8) is 0 Å². The molecule has 6 heteroatoms. The number of benzene rings is 1. The lowest BCUT2D eigenvalue weighted by molar-refractivity contribution is -0.128. The highest BCUT2D eigenvalue weighted by Gasteiger charge is 2.49. The number of pyridine rings is 1. The van der Waals surface area contributed by atoms with Crippen molar-refractivity contribution in [1.29, 1.82) is 0 Å². The summed E-state index contributed by atoms with van der Waals surface area (Å²) in [4.78, 5) is 29.6. The maximum absolute atomic E-state index is 13.1. The highest BCUT2D eigenvalue weighted by Crippen LogP contribution is 2.44. The van der Waals surface area contributed by atoms with E-state index in [1.165, 1.54) is 6.42 Å². The lowest BCUT2D eigenvalue weighted by atomic mass is 9.67. The van der Waals surface area contributed by atoms with Gasteiger partial charge in [-0.15, -0.1) is 0 Å². The number of rotatable bonds is 4. The standard InChI is InChI=1S/C21H24N4O2/c26-19(25-18-9-2-4-11-23-18)15-6-5-8-17(12-15)24-20(27)21-10-3-1-7-16(21)13-22-14-21/h2,4-6,8-9,11-12,16,22H,1,3,7,10,13-14H2,(H,24,27)(H,23,25,26)/t16-,21+/m0/s1. The molecule has 1 saturated carbocycles. The molecular weight excluding hydrogens is 340 g/mol. The number of carbonyl (C=O) groups excluding carboxylic acids is 2. The smallest absolute Gasteiger partial charge is 0.256 e. The van der Waals surface area contributed by atoms with Gasteiger partial charge in [0.15, 0.2) is 0 Å². The monoisotopic (exact) mass is 364 g/mol. The van der Waals surface area contributed by atoms with Gasteiger partial charge in [-0.05, 0) is 55.6 Å². The summed E-state index contributed by atoms with van der Waals surface area (Å²) in [5, 5.41) is 9.22. The van der Waals surface area contributed by atoms with Gasteiger partial charge in [0, 0.05) is 24.0 Å². The molecule has 1 aliphatic carbocycles. The molecule has 6 nitrogen and oxygen atoms in total. The first-order valence-corrected chi connectivity index (χ1v) is 9.52. The molecule has 1 aromatic carbocycles. The van der Waals surface area contributed by atoms with Crippen LogP contribution in [0.1, 0.15) is 36.0 Å². The Hall–Kier alpha value is -2.73. The minimum atomic E-state index is -0.315. The molecule has 1 aliphatic heterocycles. The highest BCUT2D eigenvalue weighted by atomic mass is 16.2. The first-order valence-electron chi connectivity index (χ1n) is 9.52. The van der Waals surface area contributed by atoms with Gasteiger partial charge in [-0.1, -0.05) is 25.0 Å². The molecule has 0 bridgehead atoms. The van der Waals surface area contributed by atoms with Crippen molar-refractivity contribution in [3.8, 4) is 0 Å². The van der Waals surface area contributed by atoms with Crippen LogP contribution in [0.4, 0.5) is 11.5 Å². The fourth-order valence-electron chi connectivity index (χ4n) is 4.31. The SMILES string of the molecule is O=C(Nc1ccccn1)c1cccc(NC(=O)[C@@]23CCCC[C@H]2CNC3)c1. The second kappa shape index (κ2) is 7.48. The number of fused-ring (bicyclic) bond motifs is 1. The summed E-state index contributed by atoms with van der Waals surface area (Å²) < 4.78 is 0. The summed E-state index contributed by atoms with van der Waals surface area (Å²) in [5.74, 6) is 0.723. The number of nitrogens with one attached hydrogen (secondary N) is 3. The van der Waals surface area contributed by atoms with Crippen LogP contribution in [0.5, 0.6) is 0 Å². The van der Waals surface area contributed by atoms with Gasteiger partial charge < -0.3 is 16.0 Å². The Morgan fingerprint density at radius 2 is 2.04 bits per heavy atom. The Kier molecular flexibility index (Phi) is 4.90. The van der Waals surface area contributed by atoms with Crippen molar-refractivity contribution < 1.29 is 9.59 Å². The molecule has 2 heterocycles. The molecule has 3 N–H and O–H groups in total. The van der Waals surface area contributed by atoms with E-state index in [-0.39, 0.29) is 17.2 Å². The normalized spacial score (nSPS) is 24.1. The number of nitrogens with zero attached hydrogens (tertiary/aromatic N) is 1. The molecule has 1 aromatic heterocycles. The van der Waals surface area contributed by atoms with Crippen molar-refractivity contribution in [3.05, 3.63) is 54.2 Å². The Morgan fingerprint density at radius 3 is 2.89 bits per heavy atom. The summed E-state index contributed by atoms with van der Waals surface area (Å²) in [6, 6.07) is 12.4. The Morgan fingerprint density at radius 1 is 1.11 bits per heavy atom. The molecule has 140 valence electrons. The number of hydrogen-bond donors (Lipinski definition) is 3. The molecule has 2 aliphatic rings. The molecular formula is C21H24N4O2. The first kappa shape index (κ1) is 17.7. The minimum absolute atomic E-state index is 0.0690. The van der Waals surface area contributed by atoms with Gasteiger partial charge in [0.25, 0.3) is 5.91 Å². The van der Waals surface area contributed by atoms with Gasteiger partial charge in [-0.2, -0.15) is 0 Å². The van der Waals surface area contributed by atoms with Crippen molar-refractivity contribution in [1.82, 2.24) is 10.3 Å². The Labute approximate surface area is 158 Å². The summed E-state index contributed by atoms with van der Waals surface area (Å²) in [5.41, 5.74) is 0.824. The maximum Gasteiger partial charge on any atom is 0.256 e. The van der Waals surface area contributed by atoms with Gasteiger partial charge in [0.2, 0.25) is 5.91 Å². The second-order valence-electron chi connectivity index (χ2n) is 7.43. The molecule has 2 amide bonds. The summed E-state index contributed by atoms with van der Waals surface area (Å²) >= 11 is 0. The molecule has 1 saturated heterocycles. The van der Waals surface area contributed by atoms with Crippen LogP contribution in [0.25, 0.3) is 0 Å². The zero-order valence-corrected chi connectivity index (χ0v) is 15.2. The van der Waals surface area contributed by atoms with Crippen LogP contribution in [0.15, 0.2) is 48.7 Å². The van der Waals surface area contributed by atoms with Gasteiger partial charge in [-0.3, -0.25) is 9.59 Å². The van der Waals surface area contributed by atoms with Gasteiger partial charge in [0.05, 0.1) is 5.41 Å². The van der Waals surface area contributed by atoms with E-state index in [0.717, 1.165) is 32.4 Å². The fraction of sp³-hybridized carbons (Fsp3) is 0.381. The fourth-order valence-corrected chi connectivity index (χ4v) is 4.31. The van der Waals surface area contributed by atoms with Gasteiger partial charge in [-0.25, -0.2) is 4.98 Å². The molecule has 0 unspecified atom stereocenters. The van der Waals surface area contributed by atoms with Crippen LogP contribution in [0.2, 0.25) is 0 Å². The molecule has 2 fully saturated rings. The van der Waals surface area contributed by atoms with Crippen molar-refractivity contribution in [2.45, 2.75) is 25.7 Å². The highest BCUT2D eigenvalue weighted by molar-refractivity contribution is 6.05. The number of hydrogen-bond acceptors (Lipinski definition) is 4. The lowest BCUT2D eigenvalue weighted by Crippen LogP contribution is -2.44. The van der Waals surface area contributed by atoms with Crippen LogP contribution in [-0.4, -0.2) is 29.9 Å². The molecule has 27 heavy (non-hydrogen) atoms. The van der Waals surface area contributed by atoms with E-state index in [0.29, 0.717) is 23.0 Å². The third-order valence-corrected chi connectivity index (χ3v) is 5.78. The maximum atomic E-state index is 13.1. The van der Waals surface area contributed by atoms with E-state index < -0.39 is 0 Å². The van der Waals surface area contributed by atoms with Crippen LogP contribution in [-0.2, 0) is 4.79 Å². The number of aromatic nitrogens is 1. The second-order valence-corrected chi connectivity index (χ2v) is 7.43. The predicted molar refractivity (Wildman–Crippen MR) is 105 cm³/mol. The van der Waals surface area contributed by atoms with E-state index in [2.05, 4.69) is 20.9 Å². The van der Waals surface area contributed by atoms with E-state index in [1.54, 1.807) is 36.5 Å². The average Bonchev–Trinajstić information content (AvgIpc) is 3.14. The predicted octanol–water partition coefficient (Wildman–Crippen LogP) is 3.05. The molecule has 4 rings (SSSR count). The van der Waals surface area contributed by atoms with Crippen LogP contribution >= 0.6 is 0 Å².